The summed E-state index contributed by atoms with van der Waals surface area (Å²) in [6.45, 7) is 3.57. The molecule has 7 heteroatoms. The summed E-state index contributed by atoms with van der Waals surface area (Å²) in [5, 5.41) is 0. The minimum Gasteiger partial charge on any atom is -0.467 e. The summed E-state index contributed by atoms with van der Waals surface area (Å²) < 4.78 is 12.9. The van der Waals surface area contributed by atoms with E-state index in [1.807, 2.05) is 12.1 Å². The van der Waals surface area contributed by atoms with E-state index in [-0.39, 0.29) is 0 Å². The lowest BCUT2D eigenvalue weighted by Crippen LogP contribution is -2.37. The Hall–Kier alpha value is -1.73. The van der Waals surface area contributed by atoms with Crippen molar-refractivity contribution in [1.82, 2.24) is 14.5 Å². The predicted octanol–water partition coefficient (Wildman–Crippen LogP) is 1.49. The molecule has 0 saturated carbocycles. The lowest BCUT2D eigenvalue weighted by Gasteiger charge is -2.26. The van der Waals surface area contributed by atoms with Crippen LogP contribution in [-0.4, -0.2) is 40.8 Å². The molecule has 0 N–H and O–H groups in total. The summed E-state index contributed by atoms with van der Waals surface area (Å²) in [6, 6.07) is 3.75. The van der Waals surface area contributed by atoms with Crippen molar-refractivity contribution < 1.29 is 9.15 Å². The maximum atomic E-state index is 5.30. The Morgan fingerprint density at radius 3 is 2.84 bits per heavy atom. The van der Waals surface area contributed by atoms with Gasteiger partial charge in [0.25, 0.3) is 0 Å². The third-order valence-corrected chi connectivity index (χ3v) is 3.28. The van der Waals surface area contributed by atoms with Crippen LogP contribution in [0.1, 0.15) is 5.76 Å². The monoisotopic (exact) mass is 278 g/mol. The van der Waals surface area contributed by atoms with Crippen LogP contribution in [0.4, 0.5) is 5.95 Å². The van der Waals surface area contributed by atoms with Crippen LogP contribution < -0.4 is 4.90 Å². The molecule has 0 bridgehead atoms. The van der Waals surface area contributed by atoms with Crippen LogP contribution in [-0.2, 0) is 11.3 Å². The van der Waals surface area contributed by atoms with Gasteiger partial charge in [0.1, 0.15) is 12.1 Å². The molecule has 0 unspecified atom stereocenters. The third-order valence-electron chi connectivity index (χ3n) is 2.95. The fraction of sp³-hybridized carbons (Fsp3) is 0.417. The van der Waals surface area contributed by atoms with Gasteiger partial charge < -0.3 is 14.1 Å². The largest absolute Gasteiger partial charge is 0.467 e. The van der Waals surface area contributed by atoms with Gasteiger partial charge in [-0.25, -0.2) is 4.98 Å². The summed E-state index contributed by atoms with van der Waals surface area (Å²) >= 11 is 5.29. The highest BCUT2D eigenvalue weighted by Gasteiger charge is 2.14. The SMILES string of the molecule is S=c1nc(N2CCOCC2)ncn1Cc1ccco1. The van der Waals surface area contributed by atoms with Gasteiger partial charge >= 0.3 is 0 Å². The quantitative estimate of drug-likeness (QED) is 0.793. The minimum atomic E-state index is 0.507. The van der Waals surface area contributed by atoms with Crippen molar-refractivity contribution in [3.8, 4) is 0 Å². The second-order valence-electron chi connectivity index (χ2n) is 4.25. The molecule has 6 nitrogen and oxygen atoms in total. The molecule has 3 heterocycles. The summed E-state index contributed by atoms with van der Waals surface area (Å²) in [7, 11) is 0. The molecular formula is C12H14N4O2S. The lowest BCUT2D eigenvalue weighted by molar-refractivity contribution is 0.122. The van der Waals surface area contributed by atoms with Crippen molar-refractivity contribution in [2.45, 2.75) is 6.54 Å². The Kier molecular flexibility index (Phi) is 3.56. The molecule has 19 heavy (non-hydrogen) atoms. The molecule has 0 radical (unpaired) electrons. The highest BCUT2D eigenvalue weighted by atomic mass is 32.1. The van der Waals surface area contributed by atoms with Crippen LogP contribution in [0.2, 0.25) is 0 Å². The van der Waals surface area contributed by atoms with Gasteiger partial charge in [0, 0.05) is 13.1 Å². The van der Waals surface area contributed by atoms with Crippen molar-refractivity contribution >= 4 is 18.2 Å². The molecule has 0 aliphatic carbocycles. The Labute approximate surface area is 115 Å². The van der Waals surface area contributed by atoms with Gasteiger partial charge in [-0.15, -0.1) is 0 Å². The van der Waals surface area contributed by atoms with Crippen molar-refractivity contribution in [3.63, 3.8) is 0 Å². The predicted molar refractivity (Wildman–Crippen MR) is 71.7 cm³/mol. The highest BCUT2D eigenvalue weighted by molar-refractivity contribution is 7.71. The molecule has 3 rings (SSSR count). The van der Waals surface area contributed by atoms with Gasteiger partial charge in [0.2, 0.25) is 10.7 Å². The number of furan rings is 1. The first-order valence-electron chi connectivity index (χ1n) is 6.11. The number of aromatic nitrogens is 3. The number of anilines is 1. The molecule has 2 aromatic heterocycles. The van der Waals surface area contributed by atoms with E-state index in [0.29, 0.717) is 30.5 Å². The molecule has 0 spiro atoms. The molecule has 0 aromatic carbocycles. The fourth-order valence-electron chi connectivity index (χ4n) is 1.94. The first kappa shape index (κ1) is 12.3. The second-order valence-corrected chi connectivity index (χ2v) is 4.61. The lowest BCUT2D eigenvalue weighted by atomic mass is 10.4. The number of ether oxygens (including phenoxy) is 1. The van der Waals surface area contributed by atoms with E-state index < -0.39 is 0 Å². The highest BCUT2D eigenvalue weighted by Crippen LogP contribution is 2.10. The Bertz CT molecular complexity index is 590. The molecular weight excluding hydrogens is 264 g/mol. The zero-order valence-corrected chi connectivity index (χ0v) is 11.2. The van der Waals surface area contributed by atoms with Crippen molar-refractivity contribution in [2.75, 3.05) is 31.2 Å². The summed E-state index contributed by atoms with van der Waals surface area (Å²) in [6.07, 6.45) is 3.35. The zero-order valence-electron chi connectivity index (χ0n) is 10.4. The van der Waals surface area contributed by atoms with Crippen LogP contribution in [0.5, 0.6) is 0 Å². The molecule has 1 saturated heterocycles. The maximum absolute atomic E-state index is 5.30. The Morgan fingerprint density at radius 2 is 2.16 bits per heavy atom. The average Bonchev–Trinajstić information content (AvgIpc) is 2.95. The van der Waals surface area contributed by atoms with E-state index in [2.05, 4.69) is 14.9 Å². The molecule has 2 aromatic rings. The third kappa shape index (κ3) is 2.82. The summed E-state index contributed by atoms with van der Waals surface area (Å²) in [4.78, 5) is 10.8. The Balaban J connectivity index is 1.79. The van der Waals surface area contributed by atoms with Gasteiger partial charge in [-0.1, -0.05) is 0 Å². The summed E-state index contributed by atoms with van der Waals surface area (Å²) in [5.41, 5.74) is 0. The molecule has 1 aliphatic heterocycles. The van der Waals surface area contributed by atoms with E-state index in [1.54, 1.807) is 17.2 Å². The van der Waals surface area contributed by atoms with Crippen LogP contribution in [0, 0.1) is 4.77 Å². The topological polar surface area (TPSA) is 56.3 Å². The number of rotatable bonds is 3. The second kappa shape index (κ2) is 5.50. The van der Waals surface area contributed by atoms with E-state index in [1.165, 1.54) is 0 Å². The van der Waals surface area contributed by atoms with E-state index in [9.17, 15) is 0 Å². The number of morpholine rings is 1. The smallest absolute Gasteiger partial charge is 0.229 e. The van der Waals surface area contributed by atoms with Crippen molar-refractivity contribution in [1.29, 1.82) is 0 Å². The van der Waals surface area contributed by atoms with E-state index in [4.69, 9.17) is 21.4 Å². The van der Waals surface area contributed by atoms with E-state index in [0.717, 1.165) is 18.8 Å². The van der Waals surface area contributed by atoms with Crippen molar-refractivity contribution in [2.24, 2.45) is 0 Å². The van der Waals surface area contributed by atoms with Gasteiger partial charge in [0.05, 0.1) is 26.0 Å². The first-order valence-corrected chi connectivity index (χ1v) is 6.52. The minimum absolute atomic E-state index is 0.507. The van der Waals surface area contributed by atoms with E-state index >= 15 is 0 Å². The number of nitrogens with zero attached hydrogens (tertiary/aromatic N) is 4. The molecule has 1 aliphatic rings. The zero-order chi connectivity index (χ0) is 13.1. The standard InChI is InChI=1S/C12H14N4O2S/c19-12-14-11(15-3-6-17-7-4-15)13-9-16(12)8-10-2-1-5-18-10/h1-2,5,9H,3-4,6-8H2. The van der Waals surface area contributed by atoms with Crippen LogP contribution in [0.15, 0.2) is 29.1 Å². The van der Waals surface area contributed by atoms with Crippen LogP contribution >= 0.6 is 12.2 Å². The fourth-order valence-corrected chi connectivity index (χ4v) is 2.14. The first-order chi connectivity index (χ1) is 9.33. The van der Waals surface area contributed by atoms with Crippen molar-refractivity contribution in [3.05, 3.63) is 35.3 Å². The van der Waals surface area contributed by atoms with Crippen LogP contribution in [0.25, 0.3) is 0 Å². The van der Waals surface area contributed by atoms with Gasteiger partial charge in [-0.05, 0) is 24.4 Å². The number of hydrogen-bond donors (Lipinski definition) is 0. The molecule has 1 fully saturated rings. The van der Waals surface area contributed by atoms with Gasteiger partial charge in [-0.2, -0.15) is 4.98 Å². The van der Waals surface area contributed by atoms with Gasteiger partial charge in [0.15, 0.2) is 0 Å². The van der Waals surface area contributed by atoms with Crippen LogP contribution in [0.3, 0.4) is 0 Å². The molecule has 0 amide bonds. The molecule has 0 atom stereocenters. The summed E-state index contributed by atoms with van der Waals surface area (Å²) in [5.74, 6) is 1.50. The van der Waals surface area contributed by atoms with Gasteiger partial charge in [-0.3, -0.25) is 4.57 Å². The average molecular weight is 278 g/mol. The Morgan fingerprint density at radius 1 is 1.32 bits per heavy atom. The molecule has 100 valence electrons. The maximum Gasteiger partial charge on any atom is 0.229 e. The number of hydrogen-bond acceptors (Lipinski definition) is 6. The normalized spacial score (nSPS) is 15.7.